The average molecular weight is 486 g/mol. The highest BCUT2D eigenvalue weighted by molar-refractivity contribution is 9.10. The Hall–Kier alpha value is -2.39. The van der Waals surface area contributed by atoms with Gasteiger partial charge in [-0.05, 0) is 47.5 Å². The number of pyridine rings is 1. The number of nitrogens with zero attached hydrogens (tertiary/aromatic N) is 1. The van der Waals surface area contributed by atoms with Gasteiger partial charge in [0.15, 0.2) is 9.84 Å². The molecule has 0 bridgehead atoms. The van der Waals surface area contributed by atoms with E-state index >= 15 is 0 Å². The summed E-state index contributed by atoms with van der Waals surface area (Å²) < 4.78 is 69.7. The maximum Gasteiger partial charge on any atom is 0.416 e. The quantitative estimate of drug-likeness (QED) is 0.477. The molecule has 0 saturated carbocycles. The Bertz CT molecular complexity index is 1130. The molecule has 9 heteroatoms. The zero-order valence-corrected chi connectivity index (χ0v) is 17.5. The molecule has 0 N–H and O–H groups in total. The molecule has 0 amide bonds. The van der Waals surface area contributed by atoms with E-state index in [9.17, 15) is 21.6 Å². The largest absolute Gasteiger partial charge is 0.495 e. The molecule has 0 spiro atoms. The maximum atomic E-state index is 12.9. The molecule has 0 fully saturated rings. The van der Waals surface area contributed by atoms with Crippen LogP contribution in [0.3, 0.4) is 0 Å². The number of aromatic nitrogens is 1. The van der Waals surface area contributed by atoms with Crippen molar-refractivity contribution in [2.75, 3.05) is 7.11 Å². The number of sulfone groups is 1. The summed E-state index contributed by atoms with van der Waals surface area (Å²) in [6, 6.07) is 10.9. The van der Waals surface area contributed by atoms with Crippen molar-refractivity contribution >= 4 is 25.8 Å². The van der Waals surface area contributed by atoms with Crippen LogP contribution in [0.1, 0.15) is 11.1 Å². The fraction of sp³-hybridized carbons (Fsp3) is 0.150. The summed E-state index contributed by atoms with van der Waals surface area (Å²) in [6.45, 7) is 0. The molecule has 3 rings (SSSR count). The highest BCUT2D eigenvalue weighted by atomic mass is 79.9. The summed E-state index contributed by atoms with van der Waals surface area (Å²) in [5, 5.41) is 0. The van der Waals surface area contributed by atoms with Crippen LogP contribution in [0.4, 0.5) is 13.2 Å². The third kappa shape index (κ3) is 4.97. The molecule has 0 saturated heterocycles. The normalized spacial score (nSPS) is 12.0. The lowest BCUT2D eigenvalue weighted by Crippen LogP contribution is -2.07. The van der Waals surface area contributed by atoms with Crippen LogP contribution in [0, 0.1) is 0 Å². The smallest absolute Gasteiger partial charge is 0.416 e. The molecule has 3 aromatic rings. The molecule has 152 valence electrons. The van der Waals surface area contributed by atoms with E-state index < -0.39 is 21.6 Å². The number of rotatable bonds is 5. The first-order chi connectivity index (χ1) is 13.6. The van der Waals surface area contributed by atoms with Gasteiger partial charge in [0.2, 0.25) is 0 Å². The van der Waals surface area contributed by atoms with Crippen LogP contribution < -0.4 is 4.74 Å². The van der Waals surface area contributed by atoms with Crippen molar-refractivity contribution in [3.05, 3.63) is 76.5 Å². The van der Waals surface area contributed by atoms with Crippen molar-refractivity contribution in [1.29, 1.82) is 0 Å². The lowest BCUT2D eigenvalue weighted by molar-refractivity contribution is -0.137. The SMILES string of the molecule is COc1ccc(Br)cc1S(=O)(=O)Cc1cncc(-c2ccc(C(F)(F)F)cc2)c1. The van der Waals surface area contributed by atoms with Gasteiger partial charge in [-0.15, -0.1) is 0 Å². The van der Waals surface area contributed by atoms with Crippen molar-refractivity contribution in [3.8, 4) is 16.9 Å². The van der Waals surface area contributed by atoms with Crippen LogP contribution >= 0.6 is 15.9 Å². The number of hydrogen-bond donors (Lipinski definition) is 0. The highest BCUT2D eigenvalue weighted by Gasteiger charge is 2.30. The average Bonchev–Trinajstić information content (AvgIpc) is 2.67. The number of ether oxygens (including phenoxy) is 1. The molecule has 0 aliphatic rings. The number of methoxy groups -OCH3 is 1. The van der Waals surface area contributed by atoms with Crippen molar-refractivity contribution in [2.24, 2.45) is 0 Å². The second-order valence-corrected chi connectivity index (χ2v) is 9.08. The second-order valence-electron chi connectivity index (χ2n) is 6.21. The van der Waals surface area contributed by atoms with E-state index in [4.69, 9.17) is 4.74 Å². The van der Waals surface area contributed by atoms with Gasteiger partial charge in [-0.25, -0.2) is 8.42 Å². The van der Waals surface area contributed by atoms with Crippen LogP contribution in [0.25, 0.3) is 11.1 Å². The van der Waals surface area contributed by atoms with Gasteiger partial charge in [-0.1, -0.05) is 28.1 Å². The number of alkyl halides is 3. The minimum absolute atomic E-state index is 0.0364. The lowest BCUT2D eigenvalue weighted by Gasteiger charge is -2.11. The molecule has 0 atom stereocenters. The molecule has 0 aliphatic carbocycles. The van der Waals surface area contributed by atoms with Gasteiger partial charge in [0.1, 0.15) is 10.6 Å². The molecular weight excluding hydrogens is 471 g/mol. The Labute approximate surface area is 174 Å². The molecule has 1 heterocycles. The van der Waals surface area contributed by atoms with Gasteiger partial charge < -0.3 is 4.74 Å². The van der Waals surface area contributed by atoms with Crippen molar-refractivity contribution in [3.63, 3.8) is 0 Å². The minimum atomic E-state index is -4.42. The lowest BCUT2D eigenvalue weighted by atomic mass is 10.0. The zero-order chi connectivity index (χ0) is 21.2. The Morgan fingerprint density at radius 3 is 2.31 bits per heavy atom. The van der Waals surface area contributed by atoms with Crippen LogP contribution in [0.2, 0.25) is 0 Å². The van der Waals surface area contributed by atoms with Crippen LogP contribution in [-0.2, 0) is 21.8 Å². The van der Waals surface area contributed by atoms with Crippen LogP contribution in [0.15, 0.2) is 70.3 Å². The first-order valence-electron chi connectivity index (χ1n) is 8.28. The molecule has 0 unspecified atom stereocenters. The summed E-state index contributed by atoms with van der Waals surface area (Å²) in [4.78, 5) is 4.08. The summed E-state index contributed by atoms with van der Waals surface area (Å²) in [5.41, 5.74) is 0.677. The highest BCUT2D eigenvalue weighted by Crippen LogP contribution is 2.32. The van der Waals surface area contributed by atoms with Crippen molar-refractivity contribution in [2.45, 2.75) is 16.8 Å². The fourth-order valence-electron chi connectivity index (χ4n) is 2.77. The molecule has 4 nitrogen and oxygen atoms in total. The van der Waals surface area contributed by atoms with Crippen molar-refractivity contribution in [1.82, 2.24) is 4.98 Å². The third-order valence-corrected chi connectivity index (χ3v) is 6.35. The molecule has 2 aromatic carbocycles. The van der Waals surface area contributed by atoms with Crippen LogP contribution in [0.5, 0.6) is 5.75 Å². The second kappa shape index (κ2) is 8.16. The van der Waals surface area contributed by atoms with Crippen molar-refractivity contribution < 1.29 is 26.3 Å². The number of benzene rings is 2. The number of hydrogen-bond acceptors (Lipinski definition) is 4. The Kier molecular flexibility index (Phi) is 6.00. The molecule has 1 aromatic heterocycles. The molecule has 29 heavy (non-hydrogen) atoms. The van der Waals surface area contributed by atoms with E-state index in [0.29, 0.717) is 21.2 Å². The molecule has 0 radical (unpaired) electrons. The minimum Gasteiger partial charge on any atom is -0.495 e. The van der Waals surface area contributed by atoms with Gasteiger partial charge in [0.25, 0.3) is 0 Å². The Balaban J connectivity index is 1.91. The molecular formula is C20H15BrF3NO3S. The molecule has 0 aliphatic heterocycles. The fourth-order valence-corrected chi connectivity index (χ4v) is 4.80. The summed E-state index contributed by atoms with van der Waals surface area (Å²) in [7, 11) is -2.36. The van der Waals surface area contributed by atoms with E-state index in [1.807, 2.05) is 0 Å². The van der Waals surface area contributed by atoms with E-state index in [1.54, 1.807) is 18.2 Å². The summed E-state index contributed by atoms with van der Waals surface area (Å²) >= 11 is 3.25. The van der Waals surface area contributed by atoms with E-state index in [-0.39, 0.29) is 16.4 Å². The third-order valence-electron chi connectivity index (χ3n) is 4.16. The monoisotopic (exact) mass is 485 g/mol. The van der Waals surface area contributed by atoms with Gasteiger partial charge in [-0.2, -0.15) is 13.2 Å². The van der Waals surface area contributed by atoms with Gasteiger partial charge in [0, 0.05) is 22.4 Å². The zero-order valence-electron chi connectivity index (χ0n) is 15.1. The predicted molar refractivity (Wildman–Crippen MR) is 106 cm³/mol. The Morgan fingerprint density at radius 1 is 1.00 bits per heavy atom. The standard InChI is InChI=1S/C20H15BrF3NO3S/c1-28-18-7-6-17(21)9-19(18)29(26,27)12-13-8-15(11-25-10-13)14-2-4-16(5-3-14)20(22,23)24/h2-11H,12H2,1H3. The van der Waals surface area contributed by atoms with Gasteiger partial charge >= 0.3 is 6.18 Å². The van der Waals surface area contributed by atoms with Gasteiger partial charge in [0.05, 0.1) is 18.4 Å². The van der Waals surface area contributed by atoms with Crippen LogP contribution in [-0.4, -0.2) is 20.5 Å². The van der Waals surface area contributed by atoms with E-state index in [2.05, 4.69) is 20.9 Å². The maximum absolute atomic E-state index is 12.9. The Morgan fingerprint density at radius 2 is 1.69 bits per heavy atom. The van der Waals surface area contributed by atoms with E-state index in [1.165, 1.54) is 37.7 Å². The topological polar surface area (TPSA) is 56.3 Å². The van der Waals surface area contributed by atoms with Gasteiger partial charge in [-0.3, -0.25) is 4.98 Å². The first-order valence-corrected chi connectivity index (χ1v) is 10.7. The summed E-state index contributed by atoms with van der Waals surface area (Å²) in [5.74, 6) is -0.110. The number of halogens is 4. The first kappa shape index (κ1) is 21.3. The van der Waals surface area contributed by atoms with E-state index in [0.717, 1.165) is 12.1 Å². The predicted octanol–water partition coefficient (Wildman–Crippen LogP) is 5.51. The summed E-state index contributed by atoms with van der Waals surface area (Å²) in [6.07, 6.45) is -1.54.